The molecule has 10 heteroatoms. The van der Waals surface area contributed by atoms with E-state index in [1.54, 1.807) is 42.5 Å². The molecule has 2 aliphatic rings. The predicted molar refractivity (Wildman–Crippen MR) is 153 cm³/mol. The molecule has 1 N–H and O–H groups in total. The number of rotatable bonds is 8. The number of hydrogen-bond acceptors (Lipinski definition) is 5. The topological polar surface area (TPSA) is 59.4 Å². The molecule has 0 bridgehead atoms. The Morgan fingerprint density at radius 1 is 1.02 bits per heavy atom. The van der Waals surface area contributed by atoms with E-state index in [-0.39, 0.29) is 36.7 Å². The lowest BCUT2D eigenvalue weighted by Crippen LogP contribution is -2.41. The molecule has 3 aromatic carbocycles. The number of aldehydes is 1. The van der Waals surface area contributed by atoms with Gasteiger partial charge in [-0.2, -0.15) is 17.5 Å². The van der Waals surface area contributed by atoms with E-state index in [1.165, 1.54) is 23.7 Å². The van der Waals surface area contributed by atoms with Crippen LogP contribution in [-0.2, 0) is 18.4 Å². The van der Waals surface area contributed by atoms with Gasteiger partial charge in [-0.3, -0.25) is 4.79 Å². The van der Waals surface area contributed by atoms with Gasteiger partial charge in [0, 0.05) is 21.6 Å². The predicted octanol–water partition coefficient (Wildman–Crippen LogP) is 9.17. The van der Waals surface area contributed by atoms with Gasteiger partial charge < -0.3 is 9.84 Å². The second-order valence-electron chi connectivity index (χ2n) is 10.7. The standard InChI is InChI=1S/C31H24Cl2F3NO3S/c32-25-2-1-3-26(33)27(25)28-22(29(41-37-28)19-8-9-19)16-40-21-10-11-23(24(12-21)31(34,35)36)30(39)13-20(14-30)18-6-4-17(15-38)5-7-18/h1-7,10-12,15,19-20,39H,8-9,13-14,16H2. The minimum atomic E-state index is -4.69. The fraction of sp³-hybridized carbons (Fsp3) is 0.290. The number of alkyl halides is 3. The molecule has 0 aliphatic heterocycles. The van der Waals surface area contributed by atoms with E-state index < -0.39 is 17.3 Å². The van der Waals surface area contributed by atoms with Gasteiger partial charge in [0.1, 0.15) is 18.6 Å². The van der Waals surface area contributed by atoms with E-state index in [1.807, 2.05) is 0 Å². The molecule has 0 spiro atoms. The first-order valence-electron chi connectivity index (χ1n) is 13.1. The third kappa shape index (κ3) is 5.50. The molecule has 0 amide bonds. The molecule has 0 unspecified atom stereocenters. The average Bonchev–Trinajstić information content (AvgIpc) is 3.69. The Labute approximate surface area is 248 Å². The van der Waals surface area contributed by atoms with Crippen molar-refractivity contribution in [2.45, 2.75) is 55.9 Å². The Hall–Kier alpha value is -2.91. The van der Waals surface area contributed by atoms with Gasteiger partial charge in [0.25, 0.3) is 0 Å². The molecule has 212 valence electrons. The molecule has 6 rings (SSSR count). The lowest BCUT2D eigenvalue weighted by Gasteiger charge is -2.45. The third-order valence-corrected chi connectivity index (χ3v) is 9.54. The second-order valence-corrected chi connectivity index (χ2v) is 12.3. The third-order valence-electron chi connectivity index (χ3n) is 7.86. The number of nitrogens with zero attached hydrogens (tertiary/aromatic N) is 1. The van der Waals surface area contributed by atoms with Crippen LogP contribution in [-0.4, -0.2) is 15.8 Å². The zero-order chi connectivity index (χ0) is 28.9. The molecule has 1 heterocycles. The monoisotopic (exact) mass is 617 g/mol. The van der Waals surface area contributed by atoms with Crippen LogP contribution in [0.4, 0.5) is 13.2 Å². The van der Waals surface area contributed by atoms with Crippen molar-refractivity contribution in [1.29, 1.82) is 0 Å². The summed E-state index contributed by atoms with van der Waals surface area (Å²) in [4.78, 5) is 11.9. The minimum absolute atomic E-state index is 0.00100. The first-order chi connectivity index (χ1) is 19.6. The van der Waals surface area contributed by atoms with Gasteiger partial charge >= 0.3 is 6.18 Å². The summed E-state index contributed by atoms with van der Waals surface area (Å²) in [7, 11) is 0. The van der Waals surface area contributed by atoms with Crippen molar-refractivity contribution in [2.75, 3.05) is 0 Å². The molecule has 0 radical (unpaired) electrons. The number of benzene rings is 3. The maximum atomic E-state index is 14.3. The number of halogens is 5. The van der Waals surface area contributed by atoms with Crippen molar-refractivity contribution < 1.29 is 27.8 Å². The summed E-state index contributed by atoms with van der Waals surface area (Å²) in [6.45, 7) is -0.00100. The van der Waals surface area contributed by atoms with E-state index in [4.69, 9.17) is 27.9 Å². The van der Waals surface area contributed by atoms with Crippen LogP contribution >= 0.6 is 34.7 Å². The van der Waals surface area contributed by atoms with Crippen molar-refractivity contribution in [3.05, 3.63) is 103 Å². The lowest BCUT2D eigenvalue weighted by molar-refractivity contribution is -0.143. The number of ether oxygens (including phenoxy) is 1. The number of carbonyl (C=O) groups is 1. The van der Waals surface area contributed by atoms with Crippen LogP contribution in [0.2, 0.25) is 10.0 Å². The zero-order valence-corrected chi connectivity index (χ0v) is 23.9. The van der Waals surface area contributed by atoms with Gasteiger partial charge in [0.05, 0.1) is 26.9 Å². The van der Waals surface area contributed by atoms with Gasteiger partial charge in [-0.05, 0) is 84.4 Å². The van der Waals surface area contributed by atoms with Crippen LogP contribution in [0.5, 0.6) is 5.75 Å². The molecule has 2 aliphatic carbocycles. The van der Waals surface area contributed by atoms with Crippen molar-refractivity contribution in [2.24, 2.45) is 0 Å². The molecule has 41 heavy (non-hydrogen) atoms. The average molecular weight is 619 g/mol. The van der Waals surface area contributed by atoms with Crippen LogP contribution in [0.1, 0.15) is 75.0 Å². The summed E-state index contributed by atoms with van der Waals surface area (Å²) >= 11 is 14.2. The van der Waals surface area contributed by atoms with E-state index in [9.17, 15) is 23.1 Å². The Morgan fingerprint density at radius 3 is 2.32 bits per heavy atom. The fourth-order valence-electron chi connectivity index (χ4n) is 5.52. The summed E-state index contributed by atoms with van der Waals surface area (Å²) in [5.74, 6) is 0.263. The van der Waals surface area contributed by atoms with Crippen molar-refractivity contribution >= 4 is 41.0 Å². The van der Waals surface area contributed by atoms with Crippen molar-refractivity contribution in [3.8, 4) is 17.0 Å². The largest absolute Gasteiger partial charge is 0.489 e. The van der Waals surface area contributed by atoms with Crippen molar-refractivity contribution in [3.63, 3.8) is 0 Å². The Kier molecular flexibility index (Phi) is 7.39. The van der Waals surface area contributed by atoms with Gasteiger partial charge in [-0.15, -0.1) is 0 Å². The van der Waals surface area contributed by atoms with Gasteiger partial charge in [0.15, 0.2) is 0 Å². The molecular formula is C31H24Cl2F3NO3S. The summed E-state index contributed by atoms with van der Waals surface area (Å²) in [6, 6.07) is 15.8. The smallest absolute Gasteiger partial charge is 0.416 e. The van der Waals surface area contributed by atoms with Crippen LogP contribution in [0.15, 0.2) is 60.7 Å². The highest BCUT2D eigenvalue weighted by molar-refractivity contribution is 7.06. The number of aliphatic hydroxyl groups is 1. The first-order valence-corrected chi connectivity index (χ1v) is 14.6. The normalized spacial score (nSPS) is 20.5. The van der Waals surface area contributed by atoms with Gasteiger partial charge in [0.2, 0.25) is 0 Å². The fourth-order valence-corrected chi connectivity index (χ4v) is 7.13. The number of hydrogen-bond donors (Lipinski definition) is 1. The van der Waals surface area contributed by atoms with E-state index in [0.29, 0.717) is 32.8 Å². The molecule has 0 saturated heterocycles. The van der Waals surface area contributed by atoms with Gasteiger partial charge in [-0.25, -0.2) is 0 Å². The highest BCUT2D eigenvalue weighted by atomic mass is 35.5. The molecule has 4 aromatic rings. The molecule has 2 fully saturated rings. The maximum Gasteiger partial charge on any atom is 0.416 e. The van der Waals surface area contributed by atoms with Crippen molar-refractivity contribution in [1.82, 2.24) is 4.37 Å². The quantitative estimate of drug-likeness (QED) is 0.200. The van der Waals surface area contributed by atoms with Crippen LogP contribution in [0, 0.1) is 0 Å². The lowest BCUT2D eigenvalue weighted by atomic mass is 9.64. The summed E-state index contributed by atoms with van der Waals surface area (Å²) in [5.41, 5.74) is 0.600. The molecule has 4 nitrogen and oxygen atoms in total. The molecule has 1 aromatic heterocycles. The SMILES string of the molecule is O=Cc1ccc(C2CC(O)(c3ccc(OCc4c(-c5c(Cl)cccc5Cl)nsc4C4CC4)cc3C(F)(F)F)C2)cc1. The zero-order valence-electron chi connectivity index (χ0n) is 21.6. The first kappa shape index (κ1) is 28.2. The Bertz CT molecular complexity index is 1590. The van der Waals surface area contributed by atoms with E-state index in [2.05, 4.69) is 4.37 Å². The minimum Gasteiger partial charge on any atom is -0.489 e. The van der Waals surface area contributed by atoms with Crippen LogP contribution < -0.4 is 4.74 Å². The van der Waals surface area contributed by atoms with Gasteiger partial charge in [-0.1, -0.05) is 59.6 Å². The Morgan fingerprint density at radius 2 is 1.71 bits per heavy atom. The second kappa shape index (κ2) is 10.7. The van der Waals surface area contributed by atoms with Crippen LogP contribution in [0.3, 0.4) is 0 Å². The molecule has 2 saturated carbocycles. The summed E-state index contributed by atoms with van der Waals surface area (Å²) < 4.78 is 53.3. The van der Waals surface area contributed by atoms with E-state index in [0.717, 1.165) is 41.2 Å². The molecule has 0 atom stereocenters. The Balaban J connectivity index is 1.26. The maximum absolute atomic E-state index is 14.3. The summed E-state index contributed by atoms with van der Waals surface area (Å²) in [5, 5.41) is 12.1. The number of aromatic nitrogens is 1. The number of carbonyl (C=O) groups excluding carboxylic acids is 1. The highest BCUT2D eigenvalue weighted by Gasteiger charge is 2.49. The highest BCUT2D eigenvalue weighted by Crippen LogP contribution is 2.54. The molecular weight excluding hydrogens is 594 g/mol. The van der Waals surface area contributed by atoms with Crippen LogP contribution in [0.25, 0.3) is 11.3 Å². The summed E-state index contributed by atoms with van der Waals surface area (Å²) in [6.07, 6.45) is -1.65. The van der Waals surface area contributed by atoms with E-state index >= 15 is 0 Å².